The fraction of sp³-hybridized carbons (Fsp3) is 0.273. The Morgan fingerprint density at radius 3 is 2.81 bits per heavy atom. The largest absolute Gasteiger partial charge is 0.326 e. The molecular weight excluding hydrogens is 228 g/mol. The molecule has 3 rings (SSSR count). The first kappa shape index (κ1) is 9.66. The van der Waals surface area contributed by atoms with Gasteiger partial charge in [-0.2, -0.15) is 0 Å². The number of rotatable bonds is 2. The molecule has 1 fully saturated rings. The van der Waals surface area contributed by atoms with Crippen molar-refractivity contribution < 1.29 is 4.79 Å². The lowest BCUT2D eigenvalue weighted by Gasteiger charge is -2.02. The van der Waals surface area contributed by atoms with Crippen molar-refractivity contribution in [1.82, 2.24) is 9.55 Å². The molecule has 1 N–H and O–H groups in total. The first-order valence-corrected chi connectivity index (χ1v) is 5.47. The maximum atomic E-state index is 11.7. The number of hydrogen-bond acceptors (Lipinski definition) is 2. The first-order valence-electron chi connectivity index (χ1n) is 5.09. The second-order valence-corrected chi connectivity index (χ2v) is 4.48. The summed E-state index contributed by atoms with van der Waals surface area (Å²) < 4.78 is 1.66. The number of halogens is 1. The summed E-state index contributed by atoms with van der Waals surface area (Å²) in [5, 5.41) is 0.457. The van der Waals surface area contributed by atoms with Crippen LogP contribution < -0.4 is 5.69 Å². The average molecular weight is 237 g/mol. The van der Waals surface area contributed by atoms with E-state index in [1.165, 1.54) is 0 Å². The number of H-pyrrole nitrogens is 1. The van der Waals surface area contributed by atoms with Gasteiger partial charge in [0, 0.05) is 16.6 Å². The predicted molar refractivity (Wildman–Crippen MR) is 61.2 cm³/mol. The Labute approximate surface area is 95.8 Å². The highest BCUT2D eigenvalue weighted by atomic mass is 35.5. The highest BCUT2D eigenvalue weighted by Crippen LogP contribution is 2.36. The van der Waals surface area contributed by atoms with Crippen LogP contribution >= 0.6 is 11.6 Å². The number of aromatic amines is 1. The van der Waals surface area contributed by atoms with Crippen LogP contribution in [-0.4, -0.2) is 15.8 Å². The van der Waals surface area contributed by atoms with E-state index in [1.54, 1.807) is 16.7 Å². The van der Waals surface area contributed by atoms with Crippen molar-refractivity contribution in [3.8, 4) is 0 Å². The maximum absolute atomic E-state index is 11.7. The predicted octanol–water partition coefficient (Wildman–Crippen LogP) is 2.13. The molecule has 5 heteroatoms. The van der Waals surface area contributed by atoms with Gasteiger partial charge >= 0.3 is 5.69 Å². The zero-order valence-electron chi connectivity index (χ0n) is 8.37. The van der Waals surface area contributed by atoms with Gasteiger partial charge < -0.3 is 4.98 Å². The summed E-state index contributed by atoms with van der Waals surface area (Å²) in [4.78, 5) is 25.5. The molecule has 0 aliphatic heterocycles. The first-order chi connectivity index (χ1) is 7.70. The number of aromatic nitrogens is 2. The Morgan fingerprint density at radius 2 is 2.19 bits per heavy atom. The van der Waals surface area contributed by atoms with Crippen LogP contribution in [0.5, 0.6) is 0 Å². The monoisotopic (exact) mass is 236 g/mol. The second-order valence-electron chi connectivity index (χ2n) is 4.04. The van der Waals surface area contributed by atoms with Crippen molar-refractivity contribution in [2.45, 2.75) is 18.9 Å². The van der Waals surface area contributed by atoms with Gasteiger partial charge in [-0.05, 0) is 25.0 Å². The number of carbonyl (C=O) groups excluding carboxylic acids is 1. The van der Waals surface area contributed by atoms with Crippen LogP contribution in [0.3, 0.4) is 0 Å². The molecule has 82 valence electrons. The molecule has 2 aromatic rings. The Kier molecular flexibility index (Phi) is 1.94. The van der Waals surface area contributed by atoms with Gasteiger partial charge in [0.25, 0.3) is 0 Å². The standard InChI is InChI=1S/C11H9ClN2O2/c12-7-3-6(5-15)10-9(4-7)13-11(16)14(10)8-1-2-8/h3-5,8H,1-2H2,(H,13,16). The number of aldehydes is 1. The zero-order valence-corrected chi connectivity index (χ0v) is 9.12. The Bertz CT molecular complexity index is 637. The Morgan fingerprint density at radius 1 is 1.44 bits per heavy atom. The van der Waals surface area contributed by atoms with Crippen LogP contribution in [0.1, 0.15) is 29.2 Å². The molecule has 0 amide bonds. The number of nitrogens with zero attached hydrogens (tertiary/aromatic N) is 1. The fourth-order valence-electron chi connectivity index (χ4n) is 2.03. The van der Waals surface area contributed by atoms with Gasteiger partial charge in [0.15, 0.2) is 6.29 Å². The molecule has 0 spiro atoms. The molecule has 16 heavy (non-hydrogen) atoms. The van der Waals surface area contributed by atoms with E-state index in [9.17, 15) is 9.59 Å². The highest BCUT2D eigenvalue weighted by Gasteiger charge is 2.28. The Hall–Kier alpha value is -1.55. The summed E-state index contributed by atoms with van der Waals surface area (Å²) in [6, 6.07) is 3.49. The summed E-state index contributed by atoms with van der Waals surface area (Å²) in [5.74, 6) is 0. The molecule has 1 saturated carbocycles. The van der Waals surface area contributed by atoms with Crippen molar-refractivity contribution in [3.63, 3.8) is 0 Å². The molecule has 0 bridgehead atoms. The van der Waals surface area contributed by atoms with E-state index in [0.29, 0.717) is 21.6 Å². The summed E-state index contributed by atoms with van der Waals surface area (Å²) in [5.41, 5.74) is 1.61. The number of carbonyl (C=O) groups is 1. The van der Waals surface area contributed by atoms with Crippen molar-refractivity contribution in [2.24, 2.45) is 0 Å². The average Bonchev–Trinajstić information content (AvgIpc) is 3.01. The van der Waals surface area contributed by atoms with Crippen LogP contribution in [-0.2, 0) is 0 Å². The van der Waals surface area contributed by atoms with E-state index >= 15 is 0 Å². The van der Waals surface area contributed by atoms with Gasteiger partial charge in [-0.3, -0.25) is 9.36 Å². The summed E-state index contributed by atoms with van der Waals surface area (Å²) >= 11 is 5.87. The van der Waals surface area contributed by atoms with Crippen molar-refractivity contribution in [3.05, 3.63) is 33.2 Å². The quantitative estimate of drug-likeness (QED) is 0.812. The minimum Gasteiger partial charge on any atom is -0.305 e. The lowest BCUT2D eigenvalue weighted by molar-refractivity contribution is 0.112. The smallest absolute Gasteiger partial charge is 0.305 e. The van der Waals surface area contributed by atoms with Gasteiger partial charge in [-0.25, -0.2) is 4.79 Å². The molecule has 0 unspecified atom stereocenters. The van der Waals surface area contributed by atoms with Crippen LogP contribution in [0, 0.1) is 0 Å². The maximum Gasteiger partial charge on any atom is 0.326 e. The number of nitrogens with one attached hydrogen (secondary N) is 1. The molecule has 0 saturated heterocycles. The molecule has 1 aliphatic rings. The van der Waals surface area contributed by atoms with Gasteiger partial charge in [0.05, 0.1) is 11.0 Å². The summed E-state index contributed by atoms with van der Waals surface area (Å²) in [6.07, 6.45) is 2.72. The van der Waals surface area contributed by atoms with E-state index < -0.39 is 0 Å². The van der Waals surface area contributed by atoms with E-state index in [1.807, 2.05) is 0 Å². The molecule has 4 nitrogen and oxygen atoms in total. The third-order valence-electron chi connectivity index (χ3n) is 2.84. The molecule has 1 heterocycles. The third-order valence-corrected chi connectivity index (χ3v) is 3.06. The minimum atomic E-state index is -0.164. The van der Waals surface area contributed by atoms with Gasteiger partial charge in [0.1, 0.15) is 0 Å². The van der Waals surface area contributed by atoms with Gasteiger partial charge in [0.2, 0.25) is 0 Å². The fourth-order valence-corrected chi connectivity index (χ4v) is 2.26. The third kappa shape index (κ3) is 1.30. The Balaban J connectivity index is 2.45. The zero-order chi connectivity index (χ0) is 11.3. The molecule has 0 atom stereocenters. The number of benzene rings is 1. The van der Waals surface area contributed by atoms with Crippen LogP contribution in [0.25, 0.3) is 11.0 Å². The van der Waals surface area contributed by atoms with Crippen molar-refractivity contribution >= 4 is 28.9 Å². The molecule has 0 radical (unpaired) electrons. The van der Waals surface area contributed by atoms with Gasteiger partial charge in [-0.1, -0.05) is 11.6 Å². The van der Waals surface area contributed by atoms with Crippen molar-refractivity contribution in [1.29, 1.82) is 0 Å². The van der Waals surface area contributed by atoms with E-state index in [-0.39, 0.29) is 11.7 Å². The highest BCUT2D eigenvalue weighted by molar-refractivity contribution is 6.31. The molecule has 1 aromatic heterocycles. The van der Waals surface area contributed by atoms with Crippen molar-refractivity contribution in [2.75, 3.05) is 0 Å². The summed E-state index contributed by atoms with van der Waals surface area (Å²) in [7, 11) is 0. The van der Waals surface area contributed by atoms with Crippen LogP contribution in [0.15, 0.2) is 16.9 Å². The lowest BCUT2D eigenvalue weighted by atomic mass is 10.2. The van der Waals surface area contributed by atoms with Crippen LogP contribution in [0.4, 0.5) is 0 Å². The second kappa shape index (κ2) is 3.22. The van der Waals surface area contributed by atoms with E-state index in [0.717, 1.165) is 19.1 Å². The summed E-state index contributed by atoms with van der Waals surface area (Å²) in [6.45, 7) is 0. The number of hydrogen-bond donors (Lipinski definition) is 1. The van der Waals surface area contributed by atoms with E-state index in [4.69, 9.17) is 11.6 Å². The molecular formula is C11H9ClN2O2. The molecule has 1 aliphatic carbocycles. The normalized spacial score (nSPS) is 15.6. The topological polar surface area (TPSA) is 54.9 Å². The minimum absolute atomic E-state index is 0.164. The van der Waals surface area contributed by atoms with Gasteiger partial charge in [-0.15, -0.1) is 0 Å². The lowest BCUT2D eigenvalue weighted by Crippen LogP contribution is -2.15. The number of fused-ring (bicyclic) bond motifs is 1. The van der Waals surface area contributed by atoms with Crippen LogP contribution in [0.2, 0.25) is 5.02 Å². The molecule has 1 aromatic carbocycles. The van der Waals surface area contributed by atoms with E-state index in [2.05, 4.69) is 4.98 Å². The SMILES string of the molecule is O=Cc1cc(Cl)cc2[nH]c(=O)n(C3CC3)c12. The number of imidazole rings is 1.